The van der Waals surface area contributed by atoms with Crippen molar-refractivity contribution in [3.8, 4) is 11.3 Å². The van der Waals surface area contributed by atoms with Crippen LogP contribution in [0.25, 0.3) is 22.2 Å². The first-order valence-electron chi connectivity index (χ1n) is 8.84. The van der Waals surface area contributed by atoms with Gasteiger partial charge in [-0.2, -0.15) is 0 Å². The van der Waals surface area contributed by atoms with Crippen LogP contribution in [0.15, 0.2) is 66.9 Å². The number of thiazole rings is 1. The van der Waals surface area contributed by atoms with Gasteiger partial charge in [0.1, 0.15) is 0 Å². The lowest BCUT2D eigenvalue weighted by Gasteiger charge is -2.09. The fourth-order valence-electron chi connectivity index (χ4n) is 2.90. The first kappa shape index (κ1) is 17.4. The van der Waals surface area contributed by atoms with Gasteiger partial charge in [0.2, 0.25) is 0 Å². The van der Waals surface area contributed by atoms with Crippen LogP contribution in [0.2, 0.25) is 0 Å². The standard InChI is InChI=1S/C22H19N3OS/c1-14(2)20-13-23-22(27-20)25-21(26)17-12-19(15-8-4-3-5-9-15)24-18-11-7-6-10-16(17)18/h3-14H,1-2H3,(H,23,25,26). The number of carbonyl (C=O) groups excluding carboxylic acids is 1. The van der Waals surface area contributed by atoms with Gasteiger partial charge >= 0.3 is 0 Å². The minimum atomic E-state index is -0.171. The minimum Gasteiger partial charge on any atom is -0.298 e. The number of aromatic nitrogens is 2. The van der Waals surface area contributed by atoms with Gasteiger partial charge in [-0.05, 0) is 18.1 Å². The Kier molecular flexibility index (Phi) is 4.69. The van der Waals surface area contributed by atoms with E-state index >= 15 is 0 Å². The molecule has 0 aliphatic heterocycles. The van der Waals surface area contributed by atoms with Crippen molar-refractivity contribution < 1.29 is 4.79 Å². The van der Waals surface area contributed by atoms with E-state index in [1.54, 1.807) is 0 Å². The molecule has 4 nitrogen and oxygen atoms in total. The number of anilines is 1. The number of fused-ring (bicyclic) bond motifs is 1. The van der Waals surface area contributed by atoms with Gasteiger partial charge < -0.3 is 0 Å². The summed E-state index contributed by atoms with van der Waals surface area (Å²) in [6, 6.07) is 19.4. The third-order valence-corrected chi connectivity index (χ3v) is 5.56. The molecule has 0 unspecified atom stereocenters. The second kappa shape index (κ2) is 7.29. The van der Waals surface area contributed by atoms with Crippen LogP contribution in [0.4, 0.5) is 5.13 Å². The quantitative estimate of drug-likeness (QED) is 0.497. The number of amides is 1. The summed E-state index contributed by atoms with van der Waals surface area (Å²) in [4.78, 5) is 23.2. The average Bonchev–Trinajstić information content (AvgIpc) is 3.16. The number of nitrogens with zero attached hydrogens (tertiary/aromatic N) is 2. The molecule has 4 aromatic rings. The average molecular weight is 373 g/mol. The van der Waals surface area contributed by atoms with E-state index in [0.29, 0.717) is 16.6 Å². The van der Waals surface area contributed by atoms with E-state index in [0.717, 1.165) is 27.0 Å². The number of hydrogen-bond acceptors (Lipinski definition) is 4. The number of rotatable bonds is 4. The zero-order chi connectivity index (χ0) is 18.8. The molecule has 0 saturated heterocycles. The molecule has 0 fully saturated rings. The second-order valence-corrected chi connectivity index (χ2v) is 7.68. The predicted octanol–water partition coefficient (Wildman–Crippen LogP) is 5.73. The van der Waals surface area contributed by atoms with Crippen molar-refractivity contribution >= 4 is 33.3 Å². The lowest BCUT2D eigenvalue weighted by atomic mass is 10.0. The molecule has 0 saturated carbocycles. The van der Waals surface area contributed by atoms with Gasteiger partial charge in [-0.1, -0.05) is 62.4 Å². The Balaban J connectivity index is 1.76. The normalized spacial score (nSPS) is 11.1. The number of pyridine rings is 1. The van der Waals surface area contributed by atoms with Gasteiger partial charge in [-0.25, -0.2) is 9.97 Å². The number of para-hydroxylation sites is 1. The molecule has 0 spiro atoms. The molecule has 1 N–H and O–H groups in total. The van der Waals surface area contributed by atoms with E-state index < -0.39 is 0 Å². The topological polar surface area (TPSA) is 54.9 Å². The number of nitrogens with one attached hydrogen (secondary N) is 1. The van der Waals surface area contributed by atoms with Crippen molar-refractivity contribution in [3.05, 3.63) is 77.3 Å². The van der Waals surface area contributed by atoms with E-state index in [1.807, 2.05) is 66.9 Å². The van der Waals surface area contributed by atoms with Gasteiger partial charge in [0.05, 0.1) is 16.8 Å². The summed E-state index contributed by atoms with van der Waals surface area (Å²) in [7, 11) is 0. The van der Waals surface area contributed by atoms with Crippen molar-refractivity contribution in [1.82, 2.24) is 9.97 Å². The monoisotopic (exact) mass is 373 g/mol. The van der Waals surface area contributed by atoms with E-state index in [4.69, 9.17) is 4.98 Å². The third-order valence-electron chi connectivity index (χ3n) is 4.34. The zero-order valence-electron chi connectivity index (χ0n) is 15.1. The maximum atomic E-state index is 13.0. The Labute approximate surface area is 161 Å². The van der Waals surface area contributed by atoms with Crippen LogP contribution in [-0.4, -0.2) is 15.9 Å². The lowest BCUT2D eigenvalue weighted by molar-refractivity contribution is 0.102. The SMILES string of the molecule is CC(C)c1cnc(NC(=O)c2cc(-c3ccccc3)nc3ccccc23)s1. The Morgan fingerprint density at radius 1 is 1.04 bits per heavy atom. The van der Waals surface area contributed by atoms with Crippen LogP contribution in [0.1, 0.15) is 35.0 Å². The molecule has 27 heavy (non-hydrogen) atoms. The molecule has 134 valence electrons. The fourth-order valence-corrected chi connectivity index (χ4v) is 3.71. The largest absolute Gasteiger partial charge is 0.298 e. The van der Waals surface area contributed by atoms with E-state index in [2.05, 4.69) is 24.1 Å². The first-order valence-corrected chi connectivity index (χ1v) is 9.66. The van der Waals surface area contributed by atoms with Crippen LogP contribution in [0.3, 0.4) is 0 Å². The highest BCUT2D eigenvalue weighted by Gasteiger charge is 2.16. The van der Waals surface area contributed by atoms with Crippen LogP contribution in [0, 0.1) is 0 Å². The molecule has 0 radical (unpaired) electrons. The van der Waals surface area contributed by atoms with Gasteiger partial charge in [0.25, 0.3) is 5.91 Å². The summed E-state index contributed by atoms with van der Waals surface area (Å²) in [6.07, 6.45) is 1.82. The van der Waals surface area contributed by atoms with Crippen molar-refractivity contribution in [2.75, 3.05) is 5.32 Å². The minimum absolute atomic E-state index is 0.171. The molecule has 2 heterocycles. The fraction of sp³-hybridized carbons (Fsp3) is 0.136. The van der Waals surface area contributed by atoms with E-state index in [-0.39, 0.29) is 5.91 Å². The molecule has 0 aliphatic rings. The van der Waals surface area contributed by atoms with Crippen LogP contribution in [-0.2, 0) is 0 Å². The molecular formula is C22H19N3OS. The Bertz CT molecular complexity index is 1100. The molecule has 2 aromatic carbocycles. The van der Waals surface area contributed by atoms with Crippen LogP contribution < -0.4 is 5.32 Å². The molecule has 1 amide bonds. The third kappa shape index (κ3) is 3.59. The van der Waals surface area contributed by atoms with Crippen molar-refractivity contribution in [2.45, 2.75) is 19.8 Å². The summed E-state index contributed by atoms with van der Waals surface area (Å²) < 4.78 is 0. The summed E-state index contributed by atoms with van der Waals surface area (Å²) >= 11 is 1.51. The van der Waals surface area contributed by atoms with Crippen molar-refractivity contribution in [2.24, 2.45) is 0 Å². The Hall–Kier alpha value is -3.05. The molecule has 5 heteroatoms. The van der Waals surface area contributed by atoms with Gasteiger partial charge in [-0.15, -0.1) is 11.3 Å². The highest BCUT2D eigenvalue weighted by atomic mass is 32.1. The maximum Gasteiger partial charge on any atom is 0.258 e. The Morgan fingerprint density at radius 2 is 1.78 bits per heavy atom. The molecule has 0 bridgehead atoms. The highest BCUT2D eigenvalue weighted by molar-refractivity contribution is 7.15. The molecular weight excluding hydrogens is 354 g/mol. The first-order chi connectivity index (χ1) is 13.1. The highest BCUT2D eigenvalue weighted by Crippen LogP contribution is 2.28. The molecule has 0 aliphatic carbocycles. The lowest BCUT2D eigenvalue weighted by Crippen LogP contribution is -2.12. The number of benzene rings is 2. The molecule has 2 aromatic heterocycles. The van der Waals surface area contributed by atoms with E-state index in [9.17, 15) is 4.79 Å². The molecule has 4 rings (SSSR count). The summed E-state index contributed by atoms with van der Waals surface area (Å²) in [5.41, 5.74) is 3.15. The maximum absolute atomic E-state index is 13.0. The van der Waals surface area contributed by atoms with Gasteiger partial charge in [0, 0.05) is 22.0 Å². The molecule has 0 atom stereocenters. The van der Waals surface area contributed by atoms with Gasteiger partial charge in [-0.3, -0.25) is 10.1 Å². The van der Waals surface area contributed by atoms with Crippen molar-refractivity contribution in [3.63, 3.8) is 0 Å². The number of carbonyl (C=O) groups is 1. The predicted molar refractivity (Wildman–Crippen MR) is 111 cm³/mol. The van der Waals surface area contributed by atoms with E-state index in [1.165, 1.54) is 11.3 Å². The summed E-state index contributed by atoms with van der Waals surface area (Å²) in [6.45, 7) is 4.23. The van der Waals surface area contributed by atoms with Crippen LogP contribution >= 0.6 is 11.3 Å². The van der Waals surface area contributed by atoms with Crippen molar-refractivity contribution in [1.29, 1.82) is 0 Å². The summed E-state index contributed by atoms with van der Waals surface area (Å²) in [5.74, 6) is 0.218. The number of hydrogen-bond donors (Lipinski definition) is 1. The second-order valence-electron chi connectivity index (χ2n) is 6.61. The summed E-state index contributed by atoms with van der Waals surface area (Å²) in [5, 5.41) is 4.39. The Morgan fingerprint density at radius 3 is 2.52 bits per heavy atom. The van der Waals surface area contributed by atoms with Gasteiger partial charge in [0.15, 0.2) is 5.13 Å². The smallest absolute Gasteiger partial charge is 0.258 e. The zero-order valence-corrected chi connectivity index (χ0v) is 16.0. The van der Waals surface area contributed by atoms with Crippen LogP contribution in [0.5, 0.6) is 0 Å².